The molecule has 2 aromatic rings. The van der Waals surface area contributed by atoms with Crippen molar-refractivity contribution in [2.24, 2.45) is 0 Å². The number of carbonyl (C=O) groups excluding carboxylic acids is 1. The number of benzene rings is 2. The predicted molar refractivity (Wildman–Crippen MR) is 88.8 cm³/mol. The minimum Gasteiger partial charge on any atom is -0.354 e. The molecule has 1 aliphatic rings. The molecule has 1 aliphatic heterocycles. The van der Waals surface area contributed by atoms with Gasteiger partial charge in [0.05, 0.1) is 6.04 Å². The number of nitrogens with one attached hydrogen (secondary N) is 2. The lowest BCUT2D eigenvalue weighted by Crippen LogP contribution is -2.42. The summed E-state index contributed by atoms with van der Waals surface area (Å²) in [6.45, 7) is 1.57. The molecule has 1 amide bonds. The molecule has 3 heteroatoms. The molecule has 1 saturated heterocycles. The van der Waals surface area contributed by atoms with E-state index >= 15 is 0 Å². The molecule has 3 rings (SSSR count). The van der Waals surface area contributed by atoms with E-state index in [1.54, 1.807) is 0 Å². The number of carbonyl (C=O) groups is 1. The molecule has 0 bridgehead atoms. The zero-order chi connectivity index (χ0) is 15.2. The Kier molecular flexibility index (Phi) is 4.86. The third-order valence-corrected chi connectivity index (χ3v) is 4.26. The topological polar surface area (TPSA) is 41.1 Å². The molecular formula is C19H22N2O. The number of rotatable bonds is 5. The zero-order valence-electron chi connectivity index (χ0n) is 12.7. The first kappa shape index (κ1) is 14.8. The smallest absolute Gasteiger partial charge is 0.237 e. The van der Waals surface area contributed by atoms with Gasteiger partial charge in [-0.15, -0.1) is 0 Å². The van der Waals surface area contributed by atoms with Gasteiger partial charge >= 0.3 is 0 Å². The second kappa shape index (κ2) is 7.23. The van der Waals surface area contributed by atoms with Crippen molar-refractivity contribution in [2.75, 3.05) is 13.1 Å². The molecule has 1 fully saturated rings. The second-order valence-electron chi connectivity index (χ2n) is 5.77. The van der Waals surface area contributed by atoms with Gasteiger partial charge in [0.2, 0.25) is 5.91 Å². The quantitative estimate of drug-likeness (QED) is 0.890. The summed E-state index contributed by atoms with van der Waals surface area (Å²) < 4.78 is 0. The van der Waals surface area contributed by atoms with Crippen molar-refractivity contribution >= 4 is 5.91 Å². The highest BCUT2D eigenvalue weighted by molar-refractivity contribution is 5.82. The van der Waals surface area contributed by atoms with Crippen molar-refractivity contribution in [3.8, 4) is 0 Å². The van der Waals surface area contributed by atoms with Crippen molar-refractivity contribution in [1.82, 2.24) is 10.6 Å². The molecule has 22 heavy (non-hydrogen) atoms. The lowest BCUT2D eigenvalue weighted by molar-refractivity contribution is -0.122. The van der Waals surface area contributed by atoms with Crippen LogP contribution >= 0.6 is 0 Å². The van der Waals surface area contributed by atoms with Gasteiger partial charge in [-0.3, -0.25) is 4.79 Å². The van der Waals surface area contributed by atoms with Crippen LogP contribution in [0.2, 0.25) is 0 Å². The molecular weight excluding hydrogens is 272 g/mol. The number of hydrogen-bond donors (Lipinski definition) is 2. The van der Waals surface area contributed by atoms with E-state index in [2.05, 4.69) is 34.9 Å². The van der Waals surface area contributed by atoms with Crippen molar-refractivity contribution in [3.05, 3.63) is 71.8 Å². The normalized spacial score (nSPS) is 17.6. The van der Waals surface area contributed by atoms with Crippen LogP contribution in [0.15, 0.2) is 60.7 Å². The highest BCUT2D eigenvalue weighted by atomic mass is 16.2. The Balaban J connectivity index is 1.73. The van der Waals surface area contributed by atoms with Crippen LogP contribution in [0.25, 0.3) is 0 Å². The number of hydrogen-bond acceptors (Lipinski definition) is 2. The highest BCUT2D eigenvalue weighted by Gasteiger charge is 2.23. The summed E-state index contributed by atoms with van der Waals surface area (Å²) in [5, 5.41) is 6.37. The van der Waals surface area contributed by atoms with E-state index < -0.39 is 0 Å². The first-order valence-electron chi connectivity index (χ1n) is 7.95. The van der Waals surface area contributed by atoms with E-state index in [4.69, 9.17) is 0 Å². The largest absolute Gasteiger partial charge is 0.354 e. The van der Waals surface area contributed by atoms with Gasteiger partial charge in [0.15, 0.2) is 0 Å². The maximum absolute atomic E-state index is 12.2. The molecule has 114 valence electrons. The molecule has 1 unspecified atom stereocenters. The van der Waals surface area contributed by atoms with E-state index in [0.717, 1.165) is 19.4 Å². The third kappa shape index (κ3) is 3.55. The first-order valence-corrected chi connectivity index (χ1v) is 7.95. The monoisotopic (exact) mass is 294 g/mol. The van der Waals surface area contributed by atoms with Crippen molar-refractivity contribution in [2.45, 2.75) is 24.8 Å². The van der Waals surface area contributed by atoms with E-state index in [0.29, 0.717) is 6.54 Å². The van der Waals surface area contributed by atoms with Crippen LogP contribution in [0.5, 0.6) is 0 Å². The molecule has 0 saturated carbocycles. The van der Waals surface area contributed by atoms with Gasteiger partial charge in [0.25, 0.3) is 0 Å². The van der Waals surface area contributed by atoms with Crippen LogP contribution in [0.3, 0.4) is 0 Å². The molecule has 3 nitrogen and oxygen atoms in total. The summed E-state index contributed by atoms with van der Waals surface area (Å²) >= 11 is 0. The Morgan fingerprint density at radius 2 is 1.64 bits per heavy atom. The summed E-state index contributed by atoms with van der Waals surface area (Å²) in [6.07, 6.45) is 2.02. The standard InChI is InChI=1S/C19H22N2O/c22-19(18-12-7-13-20-18)21-14-17(15-8-3-1-4-9-15)16-10-5-2-6-11-16/h1-6,8-11,17-18,20H,7,12-14H2,(H,21,22). The lowest BCUT2D eigenvalue weighted by atomic mass is 9.91. The van der Waals surface area contributed by atoms with Crippen LogP contribution in [0, 0.1) is 0 Å². The minimum atomic E-state index is -0.0211. The fourth-order valence-electron chi connectivity index (χ4n) is 3.03. The summed E-state index contributed by atoms with van der Waals surface area (Å²) in [7, 11) is 0. The summed E-state index contributed by atoms with van der Waals surface area (Å²) in [6, 6.07) is 20.7. The zero-order valence-corrected chi connectivity index (χ0v) is 12.7. The fourth-order valence-corrected chi connectivity index (χ4v) is 3.03. The van der Waals surface area contributed by atoms with Gasteiger partial charge in [-0.1, -0.05) is 60.7 Å². The highest BCUT2D eigenvalue weighted by Crippen LogP contribution is 2.23. The van der Waals surface area contributed by atoms with E-state index in [1.165, 1.54) is 11.1 Å². The van der Waals surface area contributed by atoms with E-state index in [9.17, 15) is 4.79 Å². The molecule has 1 heterocycles. The summed E-state index contributed by atoms with van der Waals surface area (Å²) in [5.74, 6) is 0.308. The van der Waals surface area contributed by atoms with Crippen molar-refractivity contribution in [1.29, 1.82) is 0 Å². The molecule has 0 aliphatic carbocycles. The molecule has 2 N–H and O–H groups in total. The van der Waals surface area contributed by atoms with Gasteiger partial charge in [-0.05, 0) is 30.5 Å². The Labute approximate surface area is 131 Å². The summed E-state index contributed by atoms with van der Waals surface area (Å²) in [5.41, 5.74) is 2.46. The predicted octanol–water partition coefficient (Wildman–Crippen LogP) is 2.69. The van der Waals surface area contributed by atoms with Gasteiger partial charge in [0, 0.05) is 12.5 Å². The molecule has 2 aromatic carbocycles. The van der Waals surface area contributed by atoms with Crippen molar-refractivity contribution < 1.29 is 4.79 Å². The van der Waals surface area contributed by atoms with Crippen LogP contribution in [-0.4, -0.2) is 25.0 Å². The fraction of sp³-hybridized carbons (Fsp3) is 0.316. The first-order chi connectivity index (χ1) is 10.8. The summed E-state index contributed by atoms with van der Waals surface area (Å²) in [4.78, 5) is 12.2. The average Bonchev–Trinajstić information content (AvgIpc) is 3.11. The van der Waals surface area contributed by atoms with Gasteiger partial charge in [-0.2, -0.15) is 0 Å². The second-order valence-corrected chi connectivity index (χ2v) is 5.77. The van der Waals surface area contributed by atoms with E-state index in [1.807, 2.05) is 36.4 Å². The van der Waals surface area contributed by atoms with Crippen LogP contribution in [0.4, 0.5) is 0 Å². The Hall–Kier alpha value is -2.13. The molecule has 0 radical (unpaired) electrons. The SMILES string of the molecule is O=C(NCC(c1ccccc1)c1ccccc1)C1CCCN1. The number of amides is 1. The van der Waals surface area contributed by atoms with Crippen LogP contribution < -0.4 is 10.6 Å². The molecule has 0 spiro atoms. The molecule has 0 aromatic heterocycles. The van der Waals surface area contributed by atoms with Gasteiger partial charge in [0.1, 0.15) is 0 Å². The maximum Gasteiger partial charge on any atom is 0.237 e. The minimum absolute atomic E-state index is 0.0211. The molecule has 1 atom stereocenters. The Bertz CT molecular complexity index is 552. The van der Waals surface area contributed by atoms with Crippen molar-refractivity contribution in [3.63, 3.8) is 0 Å². The van der Waals surface area contributed by atoms with Crippen LogP contribution in [0.1, 0.15) is 29.9 Å². The van der Waals surface area contributed by atoms with E-state index in [-0.39, 0.29) is 17.9 Å². The van der Waals surface area contributed by atoms with Gasteiger partial charge < -0.3 is 10.6 Å². The maximum atomic E-state index is 12.2. The average molecular weight is 294 g/mol. The van der Waals surface area contributed by atoms with Gasteiger partial charge in [-0.25, -0.2) is 0 Å². The Morgan fingerprint density at radius 1 is 1.05 bits per heavy atom. The van der Waals surface area contributed by atoms with Crippen LogP contribution in [-0.2, 0) is 4.79 Å². The Morgan fingerprint density at radius 3 is 2.14 bits per heavy atom. The lowest BCUT2D eigenvalue weighted by Gasteiger charge is -2.20. The third-order valence-electron chi connectivity index (χ3n) is 4.26.